The predicted octanol–water partition coefficient (Wildman–Crippen LogP) is 16.9. The molecule has 0 saturated carbocycles. The molecular weight excluding hydrogens is 777 g/mol. The number of aromatic nitrogens is 1. The third-order valence-corrected chi connectivity index (χ3v) is 12.8. The van der Waals surface area contributed by atoms with Crippen LogP contribution in [0, 0.1) is 0 Å². The van der Waals surface area contributed by atoms with E-state index in [1.165, 1.54) is 0 Å². The molecule has 0 amide bonds. The quantitative estimate of drug-likeness (QED) is 0.166. The van der Waals surface area contributed by atoms with Crippen LogP contribution in [0.2, 0.25) is 0 Å². The van der Waals surface area contributed by atoms with E-state index in [0.29, 0.717) is 11.4 Å². The third-order valence-electron chi connectivity index (χ3n) is 12.8. The van der Waals surface area contributed by atoms with Crippen LogP contribution in [0.4, 0.5) is 17.1 Å². The van der Waals surface area contributed by atoms with Gasteiger partial charge in [-0.3, -0.25) is 0 Å². The second kappa shape index (κ2) is 13.9. The van der Waals surface area contributed by atoms with Crippen molar-refractivity contribution in [2.45, 2.75) is 19.3 Å². The molecule has 0 atom stereocenters. The number of furan rings is 1. The number of para-hydroxylation sites is 3. The maximum absolute atomic E-state index is 9.87. The monoisotopic (exact) mass is 831 g/mol. The minimum Gasteiger partial charge on any atom is -0.455 e. The fourth-order valence-corrected chi connectivity index (χ4v) is 9.72. The largest absolute Gasteiger partial charge is 0.455 e. The fourth-order valence-electron chi connectivity index (χ4n) is 9.72. The molecule has 0 radical (unpaired) electrons. The van der Waals surface area contributed by atoms with Crippen LogP contribution < -0.4 is 4.90 Å². The van der Waals surface area contributed by atoms with E-state index in [4.69, 9.17) is 15.4 Å². The van der Waals surface area contributed by atoms with Crippen molar-refractivity contribution in [3.05, 3.63) is 229 Å². The van der Waals surface area contributed by atoms with Crippen LogP contribution in [0.1, 0.15) is 42.8 Å². The number of fused-ring (bicyclic) bond motifs is 11. The molecule has 2 heterocycles. The second-order valence-corrected chi connectivity index (χ2v) is 16.7. The number of hydrogen-bond acceptors (Lipinski definition) is 2. The Labute approximate surface area is 390 Å². The molecule has 1 aliphatic carbocycles. The first-order valence-electron chi connectivity index (χ1n) is 27.6. The van der Waals surface area contributed by atoms with Crippen LogP contribution in [0.3, 0.4) is 0 Å². The predicted molar refractivity (Wildman–Crippen MR) is 269 cm³/mol. The number of anilines is 3. The summed E-state index contributed by atoms with van der Waals surface area (Å²) in [4.78, 5) is 1.70. The molecule has 0 unspecified atom stereocenters. The third kappa shape index (κ3) is 5.47. The summed E-state index contributed by atoms with van der Waals surface area (Å²) in [5.41, 5.74) is 8.28. The van der Waals surface area contributed by atoms with Crippen molar-refractivity contribution in [3.63, 3.8) is 0 Å². The summed E-state index contributed by atoms with van der Waals surface area (Å²) >= 11 is 0. The van der Waals surface area contributed by atoms with E-state index in [9.17, 15) is 6.85 Å². The highest BCUT2D eigenvalue weighted by molar-refractivity contribution is 6.17. The fraction of sp³-hybridized carbons (Fsp3) is 0.0492. The van der Waals surface area contributed by atoms with Crippen molar-refractivity contribution in [1.82, 2.24) is 4.57 Å². The first-order chi connectivity index (χ1) is 36.9. The normalized spacial score (nSPS) is 15.8. The minimum atomic E-state index is -0.679. The molecule has 0 bridgehead atoms. The standard InChI is InChI=1S/C61H42N2O/c1-61(2)55-22-8-5-17-49(55)50-36-34-46(38-56(50)61)62(44-32-27-41(28-33-44)48-20-12-21-53-54-35-29-40-13-3-4-16-47(40)60(54)64-59(48)53)43-30-25-39(26-31-43)42-14-11-15-45(37-42)63-57-23-9-6-18-51(57)52-19-7-10-24-58(52)63/h3-38H,1-2H3/i3D,4D,12D,13D,16D,20D,21D,27D,28D,29D,32D,33D,35D. The average molecular weight is 832 g/mol. The van der Waals surface area contributed by atoms with Crippen molar-refractivity contribution in [3.8, 4) is 39.1 Å². The molecule has 0 aliphatic heterocycles. The van der Waals surface area contributed by atoms with Crippen LogP contribution in [0.25, 0.3) is 93.6 Å². The Bertz CT molecular complexity index is 4520. The van der Waals surface area contributed by atoms with Gasteiger partial charge in [0.05, 0.1) is 28.9 Å². The molecular formula is C61H42N2O. The van der Waals surface area contributed by atoms with Crippen molar-refractivity contribution in [2.24, 2.45) is 0 Å². The highest BCUT2D eigenvalue weighted by atomic mass is 16.3. The van der Waals surface area contributed by atoms with Gasteiger partial charge in [-0.1, -0.05) is 165 Å². The summed E-state index contributed by atoms with van der Waals surface area (Å²) in [7, 11) is 0. The number of benzene rings is 10. The molecule has 12 aromatic rings. The molecule has 10 aromatic carbocycles. The van der Waals surface area contributed by atoms with Crippen molar-refractivity contribution < 1.29 is 22.2 Å². The first kappa shape index (κ1) is 25.7. The van der Waals surface area contributed by atoms with Crippen LogP contribution >= 0.6 is 0 Å². The van der Waals surface area contributed by atoms with E-state index in [1.807, 2.05) is 91.0 Å². The highest BCUT2D eigenvalue weighted by Crippen LogP contribution is 2.51. The van der Waals surface area contributed by atoms with Gasteiger partial charge in [0.15, 0.2) is 0 Å². The van der Waals surface area contributed by atoms with Gasteiger partial charge in [0, 0.05) is 60.7 Å². The van der Waals surface area contributed by atoms with Gasteiger partial charge in [0.2, 0.25) is 0 Å². The van der Waals surface area contributed by atoms with Gasteiger partial charge >= 0.3 is 0 Å². The Kier molecular flexibility index (Phi) is 5.60. The van der Waals surface area contributed by atoms with Gasteiger partial charge in [0.25, 0.3) is 0 Å². The Morgan fingerprint density at radius 2 is 1.12 bits per heavy atom. The van der Waals surface area contributed by atoms with Crippen LogP contribution in [0.15, 0.2) is 222 Å². The van der Waals surface area contributed by atoms with Crippen LogP contribution in [-0.4, -0.2) is 4.57 Å². The highest BCUT2D eigenvalue weighted by Gasteiger charge is 2.35. The van der Waals surface area contributed by atoms with Crippen molar-refractivity contribution in [1.29, 1.82) is 0 Å². The molecule has 64 heavy (non-hydrogen) atoms. The lowest BCUT2D eigenvalue weighted by molar-refractivity contribution is 0.660. The summed E-state index contributed by atoms with van der Waals surface area (Å²) in [5, 5.41) is 1.28. The maximum atomic E-state index is 9.87. The molecule has 1 aliphatic rings. The number of rotatable bonds is 6. The molecule has 3 heteroatoms. The lowest BCUT2D eigenvalue weighted by atomic mass is 9.82. The minimum absolute atomic E-state index is 0.108. The first-order valence-corrected chi connectivity index (χ1v) is 21.1. The molecule has 13 rings (SSSR count). The summed E-state index contributed by atoms with van der Waals surface area (Å²) in [6, 6.07) is 39.1. The van der Waals surface area contributed by atoms with E-state index in [0.717, 1.165) is 60.9 Å². The Morgan fingerprint density at radius 3 is 1.94 bits per heavy atom. The summed E-state index contributed by atoms with van der Waals surface area (Å²) in [6.45, 7) is 4.29. The Hall–Kier alpha value is -8.14. The van der Waals surface area contributed by atoms with E-state index in [2.05, 4.69) is 66.9 Å². The van der Waals surface area contributed by atoms with Crippen LogP contribution in [-0.2, 0) is 5.41 Å². The van der Waals surface area contributed by atoms with E-state index < -0.39 is 89.5 Å². The maximum Gasteiger partial charge on any atom is 0.143 e. The topological polar surface area (TPSA) is 21.3 Å². The molecule has 0 spiro atoms. The lowest BCUT2D eigenvalue weighted by Gasteiger charge is -2.28. The summed E-state index contributed by atoms with van der Waals surface area (Å²) in [6.07, 6.45) is 0. The molecule has 0 fully saturated rings. The zero-order valence-corrected chi connectivity index (χ0v) is 34.6. The Balaban J connectivity index is 1.01. The van der Waals surface area contributed by atoms with Gasteiger partial charge in [0.1, 0.15) is 11.2 Å². The van der Waals surface area contributed by atoms with Gasteiger partial charge < -0.3 is 13.9 Å². The molecule has 0 N–H and O–H groups in total. The van der Waals surface area contributed by atoms with Gasteiger partial charge in [-0.15, -0.1) is 0 Å². The van der Waals surface area contributed by atoms with Crippen molar-refractivity contribution >= 4 is 71.6 Å². The smallest absolute Gasteiger partial charge is 0.143 e. The van der Waals surface area contributed by atoms with E-state index >= 15 is 0 Å². The lowest BCUT2D eigenvalue weighted by Crippen LogP contribution is -2.16. The summed E-state index contributed by atoms with van der Waals surface area (Å²) in [5.74, 6) is 0. The SMILES string of the molecule is [2H]c1c([2H])c(N(c2ccc(-c3cccc(-n4c5ccccc5c5ccccc54)c3)cc2)c2ccc3c(c2)C(C)(C)c2ccccc2-3)c([2H])c([2H])c1-c1c([2H])c([2H])c([2H])c2c1oc1c3c([2H])c([2H])c([2H])c([2H])c3c([2H])c([2H])c12. The second-order valence-electron chi connectivity index (χ2n) is 16.7. The Morgan fingerprint density at radius 1 is 0.438 bits per heavy atom. The van der Waals surface area contributed by atoms with Gasteiger partial charge in [-0.25, -0.2) is 0 Å². The zero-order valence-electron chi connectivity index (χ0n) is 47.6. The number of nitrogens with zero attached hydrogens (tertiary/aromatic N) is 2. The van der Waals surface area contributed by atoms with E-state index in [1.54, 1.807) is 4.90 Å². The molecule has 2 aromatic heterocycles. The average Bonchev–Trinajstić information content (AvgIpc) is 4.32. The zero-order chi connectivity index (χ0) is 53.8. The summed E-state index contributed by atoms with van der Waals surface area (Å²) < 4.78 is 127. The number of hydrogen-bond donors (Lipinski definition) is 0. The van der Waals surface area contributed by atoms with Gasteiger partial charge in [-0.05, 0) is 111 Å². The molecule has 3 nitrogen and oxygen atoms in total. The van der Waals surface area contributed by atoms with Crippen molar-refractivity contribution in [2.75, 3.05) is 4.90 Å². The van der Waals surface area contributed by atoms with Gasteiger partial charge in [-0.2, -0.15) is 0 Å². The molecule has 302 valence electrons. The van der Waals surface area contributed by atoms with E-state index in [-0.39, 0.29) is 44.0 Å². The van der Waals surface area contributed by atoms with Crippen LogP contribution in [0.5, 0.6) is 0 Å². The molecule has 0 saturated heterocycles.